The minimum Gasteiger partial charge on any atom is -0.343 e. The standard InChI is InChI=1S/C13H16FN3O2/c14-11-1-3-12(4-2-11)15-13(19)9-16-5-7-17(10-18)8-6-16/h1-4,10H,5-9H2,(H,15,19). The predicted molar refractivity (Wildman–Crippen MR) is 69.1 cm³/mol. The molecule has 0 saturated carbocycles. The zero-order valence-electron chi connectivity index (χ0n) is 10.5. The molecule has 0 bridgehead atoms. The van der Waals surface area contributed by atoms with Gasteiger partial charge in [-0.15, -0.1) is 0 Å². The van der Waals surface area contributed by atoms with Crippen molar-refractivity contribution in [2.45, 2.75) is 0 Å². The molecule has 2 rings (SSSR count). The van der Waals surface area contributed by atoms with Crippen molar-refractivity contribution in [1.29, 1.82) is 0 Å². The first-order valence-electron chi connectivity index (χ1n) is 6.14. The van der Waals surface area contributed by atoms with E-state index < -0.39 is 0 Å². The van der Waals surface area contributed by atoms with Crippen LogP contribution in [0.3, 0.4) is 0 Å². The molecule has 1 N–H and O–H groups in total. The number of carbonyl (C=O) groups is 2. The molecule has 19 heavy (non-hydrogen) atoms. The van der Waals surface area contributed by atoms with Gasteiger partial charge >= 0.3 is 0 Å². The molecule has 1 aliphatic heterocycles. The Balaban J connectivity index is 1.78. The van der Waals surface area contributed by atoms with Crippen LogP contribution in [-0.2, 0) is 9.59 Å². The summed E-state index contributed by atoms with van der Waals surface area (Å²) in [5, 5.41) is 2.71. The highest BCUT2D eigenvalue weighted by molar-refractivity contribution is 5.92. The van der Waals surface area contributed by atoms with E-state index in [1.54, 1.807) is 4.90 Å². The summed E-state index contributed by atoms with van der Waals surface area (Å²) in [5.74, 6) is -0.464. The van der Waals surface area contributed by atoms with E-state index in [9.17, 15) is 14.0 Å². The normalized spacial score (nSPS) is 16.2. The van der Waals surface area contributed by atoms with Crippen molar-refractivity contribution < 1.29 is 14.0 Å². The van der Waals surface area contributed by atoms with Gasteiger partial charge in [-0.1, -0.05) is 0 Å². The summed E-state index contributed by atoms with van der Waals surface area (Å²) in [7, 11) is 0. The number of amides is 2. The molecular weight excluding hydrogens is 249 g/mol. The van der Waals surface area contributed by atoms with Gasteiger partial charge < -0.3 is 10.2 Å². The molecule has 1 fully saturated rings. The second kappa shape index (κ2) is 6.29. The first-order chi connectivity index (χ1) is 9.17. The molecule has 1 heterocycles. The number of nitrogens with one attached hydrogen (secondary N) is 1. The molecule has 0 unspecified atom stereocenters. The summed E-state index contributed by atoms with van der Waals surface area (Å²) in [6, 6.07) is 5.66. The highest BCUT2D eigenvalue weighted by atomic mass is 19.1. The molecular formula is C13H16FN3O2. The zero-order valence-corrected chi connectivity index (χ0v) is 10.5. The number of benzene rings is 1. The van der Waals surface area contributed by atoms with E-state index in [1.807, 2.05) is 4.90 Å². The number of hydrogen-bond donors (Lipinski definition) is 1. The fourth-order valence-corrected chi connectivity index (χ4v) is 1.96. The molecule has 1 aromatic carbocycles. The lowest BCUT2D eigenvalue weighted by atomic mass is 10.3. The van der Waals surface area contributed by atoms with Gasteiger partial charge in [-0.2, -0.15) is 0 Å². The van der Waals surface area contributed by atoms with E-state index in [2.05, 4.69) is 5.32 Å². The Morgan fingerprint density at radius 2 is 1.84 bits per heavy atom. The first-order valence-corrected chi connectivity index (χ1v) is 6.14. The van der Waals surface area contributed by atoms with E-state index in [1.165, 1.54) is 24.3 Å². The van der Waals surface area contributed by atoms with Crippen LogP contribution in [0.5, 0.6) is 0 Å². The summed E-state index contributed by atoms with van der Waals surface area (Å²) in [4.78, 5) is 26.0. The van der Waals surface area contributed by atoms with E-state index in [0.717, 1.165) is 6.41 Å². The Kier molecular flexibility index (Phi) is 4.46. The molecule has 0 aliphatic carbocycles. The molecule has 0 atom stereocenters. The topological polar surface area (TPSA) is 52.7 Å². The SMILES string of the molecule is O=CN1CCN(CC(=O)Nc2ccc(F)cc2)CC1. The molecule has 0 aromatic heterocycles. The van der Waals surface area contributed by atoms with Crippen LogP contribution < -0.4 is 5.32 Å². The van der Waals surface area contributed by atoms with Crippen molar-refractivity contribution in [2.75, 3.05) is 38.0 Å². The molecule has 102 valence electrons. The van der Waals surface area contributed by atoms with Crippen LogP contribution in [0.2, 0.25) is 0 Å². The van der Waals surface area contributed by atoms with Gasteiger partial charge in [-0.05, 0) is 24.3 Å². The fraction of sp³-hybridized carbons (Fsp3) is 0.385. The van der Waals surface area contributed by atoms with Gasteiger partial charge in [0.2, 0.25) is 12.3 Å². The third-order valence-electron chi connectivity index (χ3n) is 3.05. The molecule has 2 amide bonds. The minimum atomic E-state index is -0.331. The number of carbonyl (C=O) groups excluding carboxylic acids is 2. The van der Waals surface area contributed by atoms with Gasteiger partial charge in [0.25, 0.3) is 0 Å². The smallest absolute Gasteiger partial charge is 0.238 e. The molecule has 1 aliphatic rings. The number of nitrogens with zero attached hydrogens (tertiary/aromatic N) is 2. The second-order valence-corrected chi connectivity index (χ2v) is 4.47. The summed E-state index contributed by atoms with van der Waals surface area (Å²) in [6.45, 7) is 2.95. The molecule has 6 heteroatoms. The van der Waals surface area contributed by atoms with Gasteiger partial charge in [0.15, 0.2) is 0 Å². The van der Waals surface area contributed by atoms with Crippen molar-refractivity contribution in [3.8, 4) is 0 Å². The predicted octanol–water partition coefficient (Wildman–Crippen LogP) is 0.538. The van der Waals surface area contributed by atoms with Crippen LogP contribution >= 0.6 is 0 Å². The average molecular weight is 265 g/mol. The van der Waals surface area contributed by atoms with Crippen LogP contribution in [0.15, 0.2) is 24.3 Å². The first kappa shape index (κ1) is 13.5. The van der Waals surface area contributed by atoms with Gasteiger partial charge in [0.05, 0.1) is 6.54 Å². The highest BCUT2D eigenvalue weighted by Gasteiger charge is 2.17. The van der Waals surface area contributed by atoms with Crippen LogP contribution in [0.1, 0.15) is 0 Å². The molecule has 1 saturated heterocycles. The maximum atomic E-state index is 12.7. The lowest BCUT2D eigenvalue weighted by molar-refractivity contribution is -0.120. The molecule has 1 aromatic rings. The highest BCUT2D eigenvalue weighted by Crippen LogP contribution is 2.08. The number of anilines is 1. The largest absolute Gasteiger partial charge is 0.343 e. The van der Waals surface area contributed by atoms with E-state index in [4.69, 9.17) is 0 Å². The Morgan fingerprint density at radius 1 is 1.21 bits per heavy atom. The monoisotopic (exact) mass is 265 g/mol. The maximum absolute atomic E-state index is 12.7. The number of halogens is 1. The number of piperazine rings is 1. The lowest BCUT2D eigenvalue weighted by Gasteiger charge is -2.31. The van der Waals surface area contributed by atoms with Crippen LogP contribution in [0.25, 0.3) is 0 Å². The van der Waals surface area contributed by atoms with Crippen molar-refractivity contribution in [1.82, 2.24) is 9.80 Å². The third kappa shape index (κ3) is 4.03. The lowest BCUT2D eigenvalue weighted by Crippen LogP contribution is -2.48. The zero-order chi connectivity index (χ0) is 13.7. The van der Waals surface area contributed by atoms with Crippen LogP contribution in [0.4, 0.5) is 10.1 Å². The number of hydrogen-bond acceptors (Lipinski definition) is 3. The molecule has 0 radical (unpaired) electrons. The summed E-state index contributed by atoms with van der Waals surface area (Å²) >= 11 is 0. The van der Waals surface area contributed by atoms with Gasteiger partial charge in [0, 0.05) is 31.9 Å². The Labute approximate surface area is 111 Å². The minimum absolute atomic E-state index is 0.133. The van der Waals surface area contributed by atoms with E-state index in [0.29, 0.717) is 31.9 Å². The average Bonchev–Trinajstić information content (AvgIpc) is 2.42. The van der Waals surface area contributed by atoms with Gasteiger partial charge in [-0.3, -0.25) is 14.5 Å². The van der Waals surface area contributed by atoms with E-state index in [-0.39, 0.29) is 18.3 Å². The van der Waals surface area contributed by atoms with Crippen molar-refractivity contribution >= 4 is 18.0 Å². The van der Waals surface area contributed by atoms with Crippen LogP contribution in [0, 0.1) is 5.82 Å². The van der Waals surface area contributed by atoms with Gasteiger partial charge in [0.1, 0.15) is 5.82 Å². The number of rotatable bonds is 4. The Morgan fingerprint density at radius 3 is 2.42 bits per heavy atom. The van der Waals surface area contributed by atoms with Gasteiger partial charge in [-0.25, -0.2) is 4.39 Å². The molecule has 5 nitrogen and oxygen atoms in total. The molecule has 0 spiro atoms. The fourth-order valence-electron chi connectivity index (χ4n) is 1.96. The second-order valence-electron chi connectivity index (χ2n) is 4.47. The van der Waals surface area contributed by atoms with Crippen molar-refractivity contribution in [3.63, 3.8) is 0 Å². The van der Waals surface area contributed by atoms with Crippen molar-refractivity contribution in [3.05, 3.63) is 30.1 Å². The third-order valence-corrected chi connectivity index (χ3v) is 3.05. The summed E-state index contributed by atoms with van der Waals surface area (Å²) < 4.78 is 12.7. The summed E-state index contributed by atoms with van der Waals surface area (Å²) in [5.41, 5.74) is 0.581. The summed E-state index contributed by atoms with van der Waals surface area (Å²) in [6.07, 6.45) is 0.829. The Hall–Kier alpha value is -1.95. The Bertz CT molecular complexity index is 442. The van der Waals surface area contributed by atoms with Crippen LogP contribution in [-0.4, -0.2) is 54.8 Å². The maximum Gasteiger partial charge on any atom is 0.238 e. The quantitative estimate of drug-likeness (QED) is 0.808. The van der Waals surface area contributed by atoms with E-state index >= 15 is 0 Å². The van der Waals surface area contributed by atoms with Crippen molar-refractivity contribution in [2.24, 2.45) is 0 Å².